The quantitative estimate of drug-likeness (QED) is 0.156. The summed E-state index contributed by atoms with van der Waals surface area (Å²) < 4.78 is 7.56. The number of fused-ring (bicyclic) bond motifs is 20. The van der Waals surface area contributed by atoms with Gasteiger partial charge in [-0.05, 0) is 116 Å². The summed E-state index contributed by atoms with van der Waals surface area (Å²) in [6.07, 6.45) is 1.62. The number of rotatable bonds is 9. The van der Waals surface area contributed by atoms with Crippen molar-refractivity contribution in [2.45, 2.75) is 0 Å². The van der Waals surface area contributed by atoms with Crippen LogP contribution in [-0.2, 0) is 0 Å². The third kappa shape index (κ3) is 12.2. The SMILES string of the molecule is Br.c1ccc(-c2cc(-c3ccccc3)ncn2)cc1.c1ccc(-c2ccc3sc4c(c3c2)c2ccccc2c2[nH]c3ccc(-c5ccccc5)cc3c24)cc1.c1ccc(-c2ccc3sc4c(c3c2)c2ccccc2c2c4c3cc(-c4ccccc4)ccc3n2-c2nc(-c3ccccc3)cc(-c3ccccc3)n2)cc1. The number of aromatic nitrogens is 6. The van der Waals surface area contributed by atoms with Crippen LogP contribution in [0.15, 0.2) is 382 Å². The van der Waals surface area contributed by atoms with Crippen molar-refractivity contribution in [1.29, 1.82) is 0 Å². The Morgan fingerprint density at radius 2 is 0.587 bits per heavy atom. The fourth-order valence-corrected chi connectivity index (χ4v) is 18.2. The Labute approximate surface area is 647 Å². The highest BCUT2D eigenvalue weighted by Crippen LogP contribution is 2.51. The summed E-state index contributed by atoms with van der Waals surface area (Å²) >= 11 is 3.79. The molecule has 0 aliphatic heterocycles. The minimum Gasteiger partial charge on any atom is -0.354 e. The van der Waals surface area contributed by atoms with E-state index in [9.17, 15) is 0 Å². The van der Waals surface area contributed by atoms with Crippen molar-refractivity contribution in [1.82, 2.24) is 29.5 Å². The van der Waals surface area contributed by atoms with Gasteiger partial charge in [-0.2, -0.15) is 0 Å². The summed E-state index contributed by atoms with van der Waals surface area (Å²) in [5.74, 6) is 0.652. The smallest absolute Gasteiger partial charge is 0.235 e. The van der Waals surface area contributed by atoms with Crippen LogP contribution in [0.3, 0.4) is 0 Å². The number of thiophene rings is 2. The van der Waals surface area contributed by atoms with E-state index in [4.69, 9.17) is 9.97 Å². The second-order valence-corrected chi connectivity index (χ2v) is 29.3. The van der Waals surface area contributed by atoms with E-state index < -0.39 is 0 Å². The number of H-pyrrole nitrogens is 1. The molecule has 22 rings (SSSR count). The Morgan fingerprint density at radius 3 is 1.04 bits per heavy atom. The molecule has 9 heteroatoms. The first-order valence-electron chi connectivity index (χ1n) is 36.4. The van der Waals surface area contributed by atoms with Gasteiger partial charge in [-0.15, -0.1) is 39.7 Å². The van der Waals surface area contributed by atoms with Gasteiger partial charge in [0.05, 0.1) is 39.3 Å². The molecule has 0 bridgehead atoms. The predicted octanol–water partition coefficient (Wildman–Crippen LogP) is 28.3. The highest BCUT2D eigenvalue weighted by molar-refractivity contribution is 8.93. The molecule has 0 unspecified atom stereocenters. The molecule has 6 aromatic heterocycles. The lowest BCUT2D eigenvalue weighted by molar-refractivity contribution is 0.998. The van der Waals surface area contributed by atoms with Crippen LogP contribution in [0.5, 0.6) is 0 Å². The molecule has 109 heavy (non-hydrogen) atoms. The number of halogens is 1. The first-order valence-corrected chi connectivity index (χ1v) is 38.0. The van der Waals surface area contributed by atoms with E-state index in [-0.39, 0.29) is 17.0 Å². The Balaban J connectivity index is 0.000000125. The number of hydrogen-bond acceptors (Lipinski definition) is 6. The Bertz CT molecular complexity index is 7020. The third-order valence-corrected chi connectivity index (χ3v) is 23.2. The van der Waals surface area contributed by atoms with Gasteiger partial charge in [0, 0.05) is 100 Å². The molecule has 0 fully saturated rings. The Hall–Kier alpha value is -13.3. The maximum absolute atomic E-state index is 5.38. The van der Waals surface area contributed by atoms with Gasteiger partial charge < -0.3 is 4.98 Å². The van der Waals surface area contributed by atoms with E-state index in [0.717, 1.165) is 56.1 Å². The average molecular weight is 1490 g/mol. The second kappa shape index (κ2) is 28.5. The van der Waals surface area contributed by atoms with Gasteiger partial charge >= 0.3 is 0 Å². The summed E-state index contributed by atoms with van der Waals surface area (Å²) in [5.41, 5.74) is 22.4. The first kappa shape index (κ1) is 66.4. The molecular formula is C100H65BrN6S2. The maximum Gasteiger partial charge on any atom is 0.235 e. The molecule has 0 spiro atoms. The number of aromatic amines is 1. The zero-order valence-corrected chi connectivity index (χ0v) is 62.2. The van der Waals surface area contributed by atoms with E-state index in [1.165, 1.54) is 139 Å². The van der Waals surface area contributed by atoms with Gasteiger partial charge in [0.15, 0.2) is 0 Å². The number of hydrogen-bond donors (Lipinski definition) is 1. The Kier molecular flexibility index (Phi) is 17.4. The monoisotopic (exact) mass is 1490 g/mol. The average Bonchev–Trinajstić information content (AvgIpc) is 1.55. The molecule has 0 saturated carbocycles. The van der Waals surface area contributed by atoms with Crippen molar-refractivity contribution in [2.24, 2.45) is 0 Å². The van der Waals surface area contributed by atoms with Gasteiger partial charge in [0.25, 0.3) is 0 Å². The molecule has 6 heterocycles. The topological polar surface area (TPSA) is 72.3 Å². The third-order valence-electron chi connectivity index (χ3n) is 20.8. The molecule has 16 aromatic carbocycles. The van der Waals surface area contributed by atoms with Gasteiger partial charge in [-0.1, -0.05) is 315 Å². The zero-order valence-electron chi connectivity index (χ0n) is 58.8. The van der Waals surface area contributed by atoms with E-state index in [1.807, 2.05) is 77.3 Å². The summed E-state index contributed by atoms with van der Waals surface area (Å²) in [6, 6.07) is 133. The van der Waals surface area contributed by atoms with Gasteiger partial charge in [-0.25, -0.2) is 19.9 Å². The van der Waals surface area contributed by atoms with Crippen molar-refractivity contribution in [3.05, 3.63) is 382 Å². The standard InChI is InChI=1S/C50H31N3S.C34H21NS.C16H12N2.BrH/c1-5-15-32(16-6-1)36-25-27-44-40(29-36)47-48(53(44)50-51-42(34-19-9-3-10-20-34)31-43(52-50)35-21-11-4-12-22-35)39-24-14-13-23-38(39)46-41-30-37(33-17-7-2-8-18-33)26-28-45(41)54-49(46)47;1-3-9-21(10-4-1)23-15-17-29-27(19-23)32-33(35-29)26-14-8-7-13-25(26)31-28-20-24(22-11-5-2-6-12-22)16-18-30(28)36-34(31)32;1-3-7-13(8-4-1)15-11-16(18-12-17-15)14-9-5-2-6-10-14;/h1-31H;1-20,35H;1-12H;1H. The summed E-state index contributed by atoms with van der Waals surface area (Å²) in [6.45, 7) is 0. The molecule has 0 aliphatic rings. The van der Waals surface area contributed by atoms with Crippen LogP contribution in [0.25, 0.3) is 201 Å². The fourth-order valence-electron chi connectivity index (χ4n) is 15.7. The lowest BCUT2D eigenvalue weighted by atomic mass is 9.97. The zero-order chi connectivity index (χ0) is 71.4. The van der Waals surface area contributed by atoms with Crippen molar-refractivity contribution in [3.8, 4) is 95.5 Å². The minimum absolute atomic E-state index is 0. The lowest BCUT2D eigenvalue weighted by Crippen LogP contribution is -2.04. The molecule has 0 atom stereocenters. The fraction of sp³-hybridized carbons (Fsp3) is 0. The molecule has 6 nitrogen and oxygen atoms in total. The van der Waals surface area contributed by atoms with Crippen LogP contribution >= 0.6 is 39.7 Å². The number of nitrogens with zero attached hydrogens (tertiary/aromatic N) is 5. The minimum atomic E-state index is 0. The summed E-state index contributed by atoms with van der Waals surface area (Å²) in [7, 11) is 0. The van der Waals surface area contributed by atoms with Gasteiger partial charge in [-0.3, -0.25) is 4.57 Å². The predicted molar refractivity (Wildman–Crippen MR) is 469 cm³/mol. The first-order chi connectivity index (χ1) is 53.6. The van der Waals surface area contributed by atoms with E-state index in [1.54, 1.807) is 6.33 Å². The van der Waals surface area contributed by atoms with Crippen LogP contribution in [0.2, 0.25) is 0 Å². The van der Waals surface area contributed by atoms with Crippen molar-refractivity contribution >= 4 is 145 Å². The number of benzene rings is 16. The van der Waals surface area contributed by atoms with Gasteiger partial charge in [0.1, 0.15) is 6.33 Å². The molecule has 0 aliphatic carbocycles. The van der Waals surface area contributed by atoms with Crippen LogP contribution in [-0.4, -0.2) is 29.5 Å². The van der Waals surface area contributed by atoms with Crippen molar-refractivity contribution < 1.29 is 0 Å². The molecule has 1 N–H and O–H groups in total. The van der Waals surface area contributed by atoms with Crippen LogP contribution < -0.4 is 0 Å². The molecule has 22 aromatic rings. The maximum atomic E-state index is 5.38. The van der Waals surface area contributed by atoms with Crippen LogP contribution in [0, 0.1) is 0 Å². The van der Waals surface area contributed by atoms with Gasteiger partial charge in [0.2, 0.25) is 5.95 Å². The van der Waals surface area contributed by atoms with Crippen LogP contribution in [0.1, 0.15) is 0 Å². The molecule has 0 radical (unpaired) electrons. The molecule has 0 amide bonds. The summed E-state index contributed by atoms with van der Waals surface area (Å²) in [5, 5.41) is 15.3. The highest BCUT2D eigenvalue weighted by atomic mass is 79.9. The summed E-state index contributed by atoms with van der Waals surface area (Å²) in [4.78, 5) is 23.2. The second-order valence-electron chi connectivity index (χ2n) is 27.2. The largest absolute Gasteiger partial charge is 0.354 e. The molecule has 0 saturated heterocycles. The van der Waals surface area contributed by atoms with Crippen LogP contribution in [0.4, 0.5) is 0 Å². The molecule has 514 valence electrons. The van der Waals surface area contributed by atoms with E-state index in [0.29, 0.717) is 5.95 Å². The van der Waals surface area contributed by atoms with E-state index in [2.05, 4.69) is 341 Å². The molecular weight excluding hydrogens is 1430 g/mol. The lowest BCUT2D eigenvalue weighted by Gasteiger charge is -2.13. The highest BCUT2D eigenvalue weighted by Gasteiger charge is 2.26. The number of nitrogens with one attached hydrogen (secondary N) is 1. The van der Waals surface area contributed by atoms with Crippen molar-refractivity contribution in [3.63, 3.8) is 0 Å². The normalized spacial score (nSPS) is 11.4. The Morgan fingerprint density at radius 1 is 0.248 bits per heavy atom. The van der Waals surface area contributed by atoms with Crippen molar-refractivity contribution in [2.75, 3.05) is 0 Å². The van der Waals surface area contributed by atoms with E-state index >= 15 is 0 Å².